The first-order valence-corrected chi connectivity index (χ1v) is 6.66. The van der Waals surface area contributed by atoms with Gasteiger partial charge in [-0.2, -0.15) is 0 Å². The van der Waals surface area contributed by atoms with Gasteiger partial charge in [0.2, 0.25) is 7.85 Å². The first-order chi connectivity index (χ1) is 9.56. The Labute approximate surface area is 119 Å². The van der Waals surface area contributed by atoms with E-state index in [9.17, 15) is 14.7 Å². The van der Waals surface area contributed by atoms with Crippen LogP contribution in [0.3, 0.4) is 0 Å². The zero-order chi connectivity index (χ0) is 14.5. The standard InChI is InChI=1S/C14H17BN2O3/c15-14(20)16-9-10-2-1-3-11(8-10)13(19)17-6-4-12(18)5-7-17/h1-3,8,12,18H,4-7,9H2,(H,16,20). The van der Waals surface area contributed by atoms with Crippen LogP contribution in [0.1, 0.15) is 28.8 Å². The summed E-state index contributed by atoms with van der Waals surface area (Å²) in [5, 5.41) is 11.9. The van der Waals surface area contributed by atoms with Gasteiger partial charge >= 0.3 is 0 Å². The summed E-state index contributed by atoms with van der Waals surface area (Å²) in [5.41, 5.74) is 1.41. The highest BCUT2D eigenvalue weighted by Gasteiger charge is 2.22. The number of likely N-dealkylation sites (tertiary alicyclic amines) is 1. The molecule has 0 unspecified atom stereocenters. The Kier molecular flexibility index (Phi) is 4.79. The van der Waals surface area contributed by atoms with Gasteiger partial charge in [0.05, 0.1) is 6.10 Å². The van der Waals surface area contributed by atoms with Gasteiger partial charge < -0.3 is 15.3 Å². The third kappa shape index (κ3) is 3.84. The number of rotatable bonds is 3. The molecule has 0 saturated carbocycles. The summed E-state index contributed by atoms with van der Waals surface area (Å²) in [6.07, 6.45) is 0.939. The van der Waals surface area contributed by atoms with E-state index < -0.39 is 5.81 Å². The number of hydrogen-bond acceptors (Lipinski definition) is 3. The zero-order valence-electron chi connectivity index (χ0n) is 11.2. The molecule has 6 heteroatoms. The van der Waals surface area contributed by atoms with Gasteiger partial charge in [0.1, 0.15) is 0 Å². The summed E-state index contributed by atoms with van der Waals surface area (Å²) >= 11 is 0. The van der Waals surface area contributed by atoms with Crippen molar-refractivity contribution in [1.82, 2.24) is 10.2 Å². The van der Waals surface area contributed by atoms with Gasteiger partial charge in [-0.15, -0.1) is 0 Å². The van der Waals surface area contributed by atoms with E-state index in [1.165, 1.54) is 0 Å². The van der Waals surface area contributed by atoms with E-state index in [0.29, 0.717) is 38.0 Å². The van der Waals surface area contributed by atoms with Crippen LogP contribution in [0, 0.1) is 0 Å². The predicted octanol–water partition coefficient (Wildman–Crippen LogP) is 0.662. The van der Waals surface area contributed by atoms with Crippen LogP contribution in [0.5, 0.6) is 0 Å². The lowest BCUT2D eigenvalue weighted by atomic mass is 10.0. The van der Waals surface area contributed by atoms with Crippen LogP contribution in [-0.4, -0.2) is 48.8 Å². The van der Waals surface area contributed by atoms with Gasteiger partial charge in [0.25, 0.3) is 5.91 Å². The predicted molar refractivity (Wildman–Crippen MR) is 75.6 cm³/mol. The van der Waals surface area contributed by atoms with Gasteiger partial charge in [-0.3, -0.25) is 9.59 Å². The normalized spacial score (nSPS) is 15.9. The highest BCUT2D eigenvalue weighted by Crippen LogP contribution is 2.14. The number of nitrogens with one attached hydrogen (secondary N) is 1. The summed E-state index contributed by atoms with van der Waals surface area (Å²) in [4.78, 5) is 24.8. The lowest BCUT2D eigenvalue weighted by molar-refractivity contribution is 0.0546. The van der Waals surface area contributed by atoms with E-state index >= 15 is 0 Å². The first-order valence-electron chi connectivity index (χ1n) is 6.66. The van der Waals surface area contributed by atoms with Crippen LogP contribution >= 0.6 is 0 Å². The van der Waals surface area contributed by atoms with Gasteiger partial charge in [0, 0.05) is 25.2 Å². The zero-order valence-corrected chi connectivity index (χ0v) is 11.2. The second kappa shape index (κ2) is 6.57. The largest absolute Gasteiger partial charge is 0.393 e. The minimum absolute atomic E-state index is 0.0437. The average molecular weight is 272 g/mol. The molecule has 2 amide bonds. The van der Waals surface area contributed by atoms with Crippen molar-refractivity contribution in [3.8, 4) is 0 Å². The Hall–Kier alpha value is -1.82. The molecule has 1 heterocycles. The molecule has 1 saturated heterocycles. The molecule has 1 aliphatic rings. The topological polar surface area (TPSA) is 69.6 Å². The molecule has 104 valence electrons. The SMILES string of the molecule is [B]C(=O)NCc1cccc(C(=O)N2CCC(O)CC2)c1. The van der Waals surface area contributed by atoms with Crippen molar-refractivity contribution in [2.75, 3.05) is 13.1 Å². The number of benzene rings is 1. The number of piperidine rings is 1. The Balaban J connectivity index is 2.02. The molecule has 1 aromatic rings. The molecule has 2 radical (unpaired) electrons. The fraction of sp³-hybridized carbons (Fsp3) is 0.429. The third-order valence-corrected chi connectivity index (χ3v) is 3.39. The van der Waals surface area contributed by atoms with Crippen molar-refractivity contribution < 1.29 is 14.7 Å². The lowest BCUT2D eigenvalue weighted by Crippen LogP contribution is -2.40. The number of nitrogens with zero attached hydrogens (tertiary/aromatic N) is 1. The maximum Gasteiger partial charge on any atom is 0.253 e. The fourth-order valence-electron chi connectivity index (χ4n) is 2.26. The van der Waals surface area contributed by atoms with Crippen molar-refractivity contribution >= 4 is 19.6 Å². The van der Waals surface area contributed by atoms with Gasteiger partial charge in [-0.25, -0.2) is 0 Å². The minimum atomic E-state index is -0.591. The molecular weight excluding hydrogens is 255 g/mol. The van der Waals surface area contributed by atoms with Gasteiger partial charge in [0.15, 0.2) is 5.81 Å². The Morgan fingerprint density at radius 3 is 2.70 bits per heavy atom. The highest BCUT2D eigenvalue weighted by molar-refractivity contribution is 6.57. The second-order valence-corrected chi connectivity index (χ2v) is 4.94. The van der Waals surface area contributed by atoms with Gasteiger partial charge in [-0.1, -0.05) is 12.1 Å². The van der Waals surface area contributed by atoms with E-state index in [1.54, 1.807) is 23.1 Å². The molecule has 0 bridgehead atoms. The second-order valence-electron chi connectivity index (χ2n) is 4.94. The molecule has 20 heavy (non-hydrogen) atoms. The Morgan fingerprint density at radius 1 is 1.35 bits per heavy atom. The number of hydrogen-bond donors (Lipinski definition) is 2. The molecule has 2 N–H and O–H groups in total. The summed E-state index contributed by atoms with van der Waals surface area (Å²) in [6, 6.07) is 7.11. The van der Waals surface area contributed by atoms with Crippen LogP contribution in [0.4, 0.5) is 4.79 Å². The molecule has 0 spiro atoms. The Bertz CT molecular complexity index is 499. The monoisotopic (exact) mass is 272 g/mol. The molecule has 2 rings (SSSR count). The van der Waals surface area contributed by atoms with Crippen LogP contribution in [0.25, 0.3) is 0 Å². The molecule has 1 fully saturated rings. The quantitative estimate of drug-likeness (QED) is 0.794. The van der Waals surface area contributed by atoms with E-state index in [0.717, 1.165) is 5.56 Å². The minimum Gasteiger partial charge on any atom is -0.393 e. The van der Waals surface area contributed by atoms with Crippen molar-refractivity contribution in [3.05, 3.63) is 35.4 Å². The van der Waals surface area contributed by atoms with Crippen molar-refractivity contribution in [2.24, 2.45) is 0 Å². The number of carbonyl (C=O) groups excluding carboxylic acids is 2. The fourth-order valence-corrected chi connectivity index (χ4v) is 2.26. The van der Waals surface area contributed by atoms with Gasteiger partial charge in [-0.05, 0) is 30.5 Å². The maximum absolute atomic E-state index is 12.3. The highest BCUT2D eigenvalue weighted by atomic mass is 16.3. The molecule has 0 aliphatic carbocycles. The number of carbonyl (C=O) groups is 2. The summed E-state index contributed by atoms with van der Waals surface area (Å²) in [5.74, 6) is -0.635. The number of aliphatic hydroxyl groups excluding tert-OH is 1. The van der Waals surface area contributed by atoms with Crippen LogP contribution in [0.2, 0.25) is 0 Å². The van der Waals surface area contributed by atoms with E-state index in [-0.39, 0.29) is 12.0 Å². The average Bonchev–Trinajstić information content (AvgIpc) is 2.45. The number of aliphatic hydroxyl groups is 1. The molecule has 1 aliphatic heterocycles. The third-order valence-electron chi connectivity index (χ3n) is 3.39. The van der Waals surface area contributed by atoms with E-state index in [2.05, 4.69) is 5.32 Å². The summed E-state index contributed by atoms with van der Waals surface area (Å²) < 4.78 is 0. The van der Waals surface area contributed by atoms with Crippen molar-refractivity contribution in [1.29, 1.82) is 0 Å². The van der Waals surface area contributed by atoms with Crippen LogP contribution < -0.4 is 5.32 Å². The molecule has 0 atom stereocenters. The molecule has 1 aromatic carbocycles. The molecular formula is C14H17BN2O3. The summed E-state index contributed by atoms with van der Waals surface area (Å²) in [6.45, 7) is 1.45. The van der Waals surface area contributed by atoms with Crippen molar-refractivity contribution in [3.63, 3.8) is 0 Å². The van der Waals surface area contributed by atoms with Crippen LogP contribution in [-0.2, 0) is 6.54 Å². The lowest BCUT2D eigenvalue weighted by Gasteiger charge is -2.29. The number of amides is 2. The van der Waals surface area contributed by atoms with Crippen molar-refractivity contribution in [2.45, 2.75) is 25.5 Å². The molecule has 5 nitrogen and oxygen atoms in total. The molecule has 0 aromatic heterocycles. The Morgan fingerprint density at radius 2 is 2.05 bits per heavy atom. The first kappa shape index (κ1) is 14.6. The van der Waals surface area contributed by atoms with E-state index in [1.807, 2.05) is 6.07 Å². The van der Waals surface area contributed by atoms with E-state index in [4.69, 9.17) is 7.85 Å². The smallest absolute Gasteiger partial charge is 0.253 e. The maximum atomic E-state index is 12.3. The summed E-state index contributed by atoms with van der Waals surface area (Å²) in [7, 11) is 5.02. The van der Waals surface area contributed by atoms with Crippen LogP contribution in [0.15, 0.2) is 24.3 Å².